The molecule has 2 aliphatic rings. The van der Waals surface area contributed by atoms with Crippen molar-refractivity contribution in [3.05, 3.63) is 17.3 Å². The Balaban J connectivity index is 1.35. The molecule has 0 unspecified atom stereocenters. The van der Waals surface area contributed by atoms with Gasteiger partial charge >= 0.3 is 0 Å². The average molecular weight is 387 g/mol. The second kappa shape index (κ2) is 8.97. The van der Waals surface area contributed by atoms with Gasteiger partial charge in [-0.2, -0.15) is 0 Å². The Labute approximate surface area is 166 Å². The highest BCUT2D eigenvalue weighted by Crippen LogP contribution is 2.32. The van der Waals surface area contributed by atoms with E-state index in [2.05, 4.69) is 32.0 Å². The van der Waals surface area contributed by atoms with Gasteiger partial charge in [-0.25, -0.2) is 15.0 Å². The molecule has 0 radical (unpaired) electrons. The lowest BCUT2D eigenvalue weighted by molar-refractivity contribution is 0.237. The molecule has 0 spiro atoms. The molecular formula is C20H30N6S. The van der Waals surface area contributed by atoms with Crippen LogP contribution in [0, 0.1) is 6.92 Å². The third-order valence-corrected chi connectivity index (χ3v) is 6.52. The molecule has 0 bridgehead atoms. The summed E-state index contributed by atoms with van der Waals surface area (Å²) in [5.41, 5.74) is 1.85. The smallest absolute Gasteiger partial charge is 0.186 e. The number of nitrogens with one attached hydrogen (secondary N) is 1. The van der Waals surface area contributed by atoms with Crippen LogP contribution in [-0.4, -0.2) is 59.1 Å². The van der Waals surface area contributed by atoms with Crippen molar-refractivity contribution >= 4 is 22.3 Å². The van der Waals surface area contributed by atoms with Crippen molar-refractivity contribution in [2.24, 2.45) is 0 Å². The Morgan fingerprint density at radius 1 is 0.963 bits per heavy atom. The molecule has 2 aromatic rings. The van der Waals surface area contributed by atoms with Gasteiger partial charge in [0, 0.05) is 31.1 Å². The van der Waals surface area contributed by atoms with Crippen LogP contribution in [-0.2, 0) is 0 Å². The molecule has 0 aliphatic carbocycles. The summed E-state index contributed by atoms with van der Waals surface area (Å²) in [7, 11) is 0. The molecule has 2 saturated heterocycles. The van der Waals surface area contributed by atoms with Crippen LogP contribution in [0.3, 0.4) is 0 Å². The predicted molar refractivity (Wildman–Crippen MR) is 113 cm³/mol. The van der Waals surface area contributed by atoms with E-state index >= 15 is 0 Å². The third kappa shape index (κ3) is 4.76. The number of piperidine rings is 2. The largest absolute Gasteiger partial charge is 0.368 e. The number of likely N-dealkylation sites (tertiary alicyclic amines) is 1. The van der Waals surface area contributed by atoms with Gasteiger partial charge in [-0.3, -0.25) is 0 Å². The molecule has 27 heavy (non-hydrogen) atoms. The molecule has 0 atom stereocenters. The molecule has 1 N–H and O–H groups in total. The number of anilines is 2. The van der Waals surface area contributed by atoms with Gasteiger partial charge in [-0.15, -0.1) is 11.3 Å². The van der Waals surface area contributed by atoms with Gasteiger partial charge < -0.3 is 15.1 Å². The first-order valence-corrected chi connectivity index (χ1v) is 11.1. The molecule has 0 amide bonds. The predicted octanol–water partition coefficient (Wildman–Crippen LogP) is 3.80. The van der Waals surface area contributed by atoms with Crippen LogP contribution in [0.2, 0.25) is 0 Å². The number of aryl methyl sites for hydroxylation is 1. The Kier molecular flexibility index (Phi) is 6.19. The number of nitrogens with zero attached hydrogens (tertiary/aromatic N) is 5. The highest BCUT2D eigenvalue weighted by molar-refractivity contribution is 7.16. The average Bonchev–Trinajstić information content (AvgIpc) is 3.12. The summed E-state index contributed by atoms with van der Waals surface area (Å²) in [6.07, 6.45) is 11.6. The van der Waals surface area contributed by atoms with E-state index in [0.29, 0.717) is 0 Å². The minimum atomic E-state index is 0.847. The molecule has 0 aromatic carbocycles. The molecule has 2 aromatic heterocycles. The summed E-state index contributed by atoms with van der Waals surface area (Å²) < 4.78 is 0. The lowest BCUT2D eigenvalue weighted by Crippen LogP contribution is -2.33. The highest BCUT2D eigenvalue weighted by atomic mass is 32.1. The molecule has 6 nitrogen and oxygen atoms in total. The van der Waals surface area contributed by atoms with E-state index in [0.717, 1.165) is 48.5 Å². The van der Waals surface area contributed by atoms with E-state index in [1.54, 1.807) is 11.3 Å². The van der Waals surface area contributed by atoms with Gasteiger partial charge in [0.25, 0.3) is 0 Å². The Hall–Kier alpha value is -1.73. The number of thiazole rings is 1. The zero-order valence-corrected chi connectivity index (χ0v) is 17.1. The standard InChI is InChI=1S/C20H30N6S/c1-16-19(24-20(27-16)26-11-6-3-7-12-26)17-14-23-18(15-22-17)21-8-13-25-9-4-2-5-10-25/h14-15H,2-13H2,1H3,(H,21,23). The minimum absolute atomic E-state index is 0.847. The molecule has 7 heteroatoms. The molecule has 2 aliphatic heterocycles. The SMILES string of the molecule is Cc1sc(N2CCCCC2)nc1-c1cnc(NCCN2CCCCC2)cn1. The fraction of sp³-hybridized carbons (Fsp3) is 0.650. The maximum atomic E-state index is 4.87. The maximum absolute atomic E-state index is 4.87. The van der Waals surface area contributed by atoms with Crippen molar-refractivity contribution in [3.8, 4) is 11.4 Å². The van der Waals surface area contributed by atoms with Gasteiger partial charge in [0.15, 0.2) is 5.13 Å². The van der Waals surface area contributed by atoms with E-state index < -0.39 is 0 Å². The summed E-state index contributed by atoms with van der Waals surface area (Å²) >= 11 is 1.78. The Morgan fingerprint density at radius 3 is 2.41 bits per heavy atom. The first kappa shape index (κ1) is 18.6. The van der Waals surface area contributed by atoms with Crippen LogP contribution in [0.1, 0.15) is 43.4 Å². The van der Waals surface area contributed by atoms with Crippen molar-refractivity contribution in [2.45, 2.75) is 45.4 Å². The van der Waals surface area contributed by atoms with E-state index in [9.17, 15) is 0 Å². The third-order valence-electron chi connectivity index (χ3n) is 5.49. The van der Waals surface area contributed by atoms with Crippen molar-refractivity contribution in [1.82, 2.24) is 19.9 Å². The second-order valence-electron chi connectivity index (χ2n) is 7.56. The monoisotopic (exact) mass is 386 g/mol. The van der Waals surface area contributed by atoms with Crippen LogP contribution in [0.4, 0.5) is 10.9 Å². The van der Waals surface area contributed by atoms with Crippen LogP contribution in [0.25, 0.3) is 11.4 Å². The number of hydrogen-bond donors (Lipinski definition) is 1. The number of aromatic nitrogens is 3. The minimum Gasteiger partial charge on any atom is -0.368 e. The summed E-state index contributed by atoms with van der Waals surface area (Å²) in [5.74, 6) is 0.847. The second-order valence-corrected chi connectivity index (χ2v) is 8.75. The van der Waals surface area contributed by atoms with Crippen LogP contribution >= 0.6 is 11.3 Å². The van der Waals surface area contributed by atoms with Gasteiger partial charge in [0.1, 0.15) is 17.2 Å². The Bertz CT molecular complexity index is 717. The molecular weight excluding hydrogens is 356 g/mol. The highest BCUT2D eigenvalue weighted by Gasteiger charge is 2.18. The van der Waals surface area contributed by atoms with Gasteiger partial charge in [-0.05, 0) is 52.1 Å². The quantitative estimate of drug-likeness (QED) is 0.815. The topological polar surface area (TPSA) is 57.2 Å². The molecule has 2 fully saturated rings. The Morgan fingerprint density at radius 2 is 1.70 bits per heavy atom. The van der Waals surface area contributed by atoms with Crippen molar-refractivity contribution in [3.63, 3.8) is 0 Å². The van der Waals surface area contributed by atoms with E-state index in [4.69, 9.17) is 4.98 Å². The van der Waals surface area contributed by atoms with Crippen molar-refractivity contribution in [1.29, 1.82) is 0 Å². The normalized spacial score (nSPS) is 18.6. The fourth-order valence-corrected chi connectivity index (χ4v) is 4.88. The first-order valence-electron chi connectivity index (χ1n) is 10.3. The summed E-state index contributed by atoms with van der Waals surface area (Å²) in [6.45, 7) is 8.84. The van der Waals surface area contributed by atoms with Gasteiger partial charge in [0.05, 0.1) is 12.4 Å². The fourth-order valence-electron chi connectivity index (χ4n) is 3.91. The lowest BCUT2D eigenvalue weighted by Gasteiger charge is -2.26. The maximum Gasteiger partial charge on any atom is 0.186 e. The molecule has 4 heterocycles. The first-order chi connectivity index (χ1) is 13.3. The van der Waals surface area contributed by atoms with Crippen LogP contribution in [0.15, 0.2) is 12.4 Å². The zero-order chi connectivity index (χ0) is 18.5. The lowest BCUT2D eigenvalue weighted by atomic mass is 10.1. The summed E-state index contributed by atoms with van der Waals surface area (Å²) in [5, 5.41) is 4.53. The molecule has 146 valence electrons. The number of rotatable bonds is 6. The molecule has 0 saturated carbocycles. The van der Waals surface area contributed by atoms with E-state index in [1.165, 1.54) is 56.5 Å². The number of hydrogen-bond acceptors (Lipinski definition) is 7. The van der Waals surface area contributed by atoms with E-state index in [1.807, 2.05) is 12.4 Å². The van der Waals surface area contributed by atoms with Crippen LogP contribution < -0.4 is 10.2 Å². The zero-order valence-electron chi connectivity index (χ0n) is 16.3. The van der Waals surface area contributed by atoms with E-state index in [-0.39, 0.29) is 0 Å². The van der Waals surface area contributed by atoms with Crippen molar-refractivity contribution < 1.29 is 0 Å². The molecule has 4 rings (SSSR count). The van der Waals surface area contributed by atoms with Gasteiger partial charge in [-0.1, -0.05) is 6.42 Å². The van der Waals surface area contributed by atoms with Crippen LogP contribution in [0.5, 0.6) is 0 Å². The summed E-state index contributed by atoms with van der Waals surface area (Å²) in [4.78, 5) is 20.2. The van der Waals surface area contributed by atoms with Crippen molar-refractivity contribution in [2.75, 3.05) is 49.5 Å². The van der Waals surface area contributed by atoms with Gasteiger partial charge in [0.2, 0.25) is 0 Å². The summed E-state index contributed by atoms with van der Waals surface area (Å²) in [6, 6.07) is 0.